The first-order chi connectivity index (χ1) is 13.2. The van der Waals surface area contributed by atoms with Crippen LogP contribution in [0.1, 0.15) is 30.1 Å². The Kier molecular flexibility index (Phi) is 4.27. The highest BCUT2D eigenvalue weighted by atomic mass is 79.9. The number of rotatable bonds is 3. The zero-order valence-corrected chi connectivity index (χ0v) is 17.1. The standard InChI is InChI=1S/C22H23BrN4/c1-15-4-2-3-5-20(15)26-10-12-27(13-11-26)22-18-14-17(23)8-9-19(18)24-21(25-22)16-6-7-16/h2-5,8-9,14,16H,6-7,10-13H2,1H3. The monoisotopic (exact) mass is 422 g/mol. The first-order valence-electron chi connectivity index (χ1n) is 9.72. The molecule has 5 rings (SSSR count). The number of fused-ring (bicyclic) bond motifs is 1. The molecular formula is C22H23BrN4. The number of aromatic nitrogens is 2. The van der Waals surface area contributed by atoms with Crippen LogP contribution in [0.5, 0.6) is 0 Å². The first kappa shape index (κ1) is 17.0. The van der Waals surface area contributed by atoms with E-state index >= 15 is 0 Å². The third kappa shape index (κ3) is 3.29. The highest BCUT2D eigenvalue weighted by Crippen LogP contribution is 2.40. The number of hydrogen-bond donors (Lipinski definition) is 0. The van der Waals surface area contributed by atoms with Crippen LogP contribution in [-0.2, 0) is 0 Å². The second kappa shape index (κ2) is 6.79. The van der Waals surface area contributed by atoms with Crippen LogP contribution in [0.4, 0.5) is 11.5 Å². The molecule has 3 aromatic rings. The largest absolute Gasteiger partial charge is 0.368 e. The molecule has 0 atom stereocenters. The van der Waals surface area contributed by atoms with Crippen molar-refractivity contribution in [3.8, 4) is 0 Å². The molecule has 138 valence electrons. The Morgan fingerprint density at radius 3 is 2.41 bits per heavy atom. The van der Waals surface area contributed by atoms with E-state index in [1.807, 2.05) is 0 Å². The van der Waals surface area contributed by atoms with Gasteiger partial charge in [-0.05, 0) is 49.6 Å². The SMILES string of the molecule is Cc1ccccc1N1CCN(c2nc(C3CC3)nc3ccc(Br)cc23)CC1. The normalized spacial score (nSPS) is 17.6. The lowest BCUT2D eigenvalue weighted by Crippen LogP contribution is -2.47. The van der Waals surface area contributed by atoms with Gasteiger partial charge in [-0.1, -0.05) is 34.1 Å². The summed E-state index contributed by atoms with van der Waals surface area (Å²) in [5.74, 6) is 2.69. The maximum atomic E-state index is 5.02. The van der Waals surface area contributed by atoms with Crippen molar-refractivity contribution in [2.45, 2.75) is 25.7 Å². The Labute approximate surface area is 168 Å². The molecular weight excluding hydrogens is 400 g/mol. The maximum absolute atomic E-state index is 5.02. The van der Waals surface area contributed by atoms with Crippen LogP contribution < -0.4 is 9.80 Å². The molecule has 0 bridgehead atoms. The number of piperazine rings is 1. The van der Waals surface area contributed by atoms with Crippen LogP contribution >= 0.6 is 15.9 Å². The van der Waals surface area contributed by atoms with Gasteiger partial charge in [-0.3, -0.25) is 0 Å². The summed E-state index contributed by atoms with van der Waals surface area (Å²) in [6.45, 7) is 6.19. The van der Waals surface area contributed by atoms with Crippen molar-refractivity contribution in [2.24, 2.45) is 0 Å². The van der Waals surface area contributed by atoms with Crippen molar-refractivity contribution in [1.29, 1.82) is 0 Å². The topological polar surface area (TPSA) is 32.3 Å². The Morgan fingerprint density at radius 1 is 0.926 bits per heavy atom. The van der Waals surface area contributed by atoms with E-state index in [0.717, 1.165) is 53.2 Å². The number of para-hydroxylation sites is 1. The molecule has 0 amide bonds. The van der Waals surface area contributed by atoms with Gasteiger partial charge in [0.1, 0.15) is 11.6 Å². The maximum Gasteiger partial charge on any atom is 0.140 e. The van der Waals surface area contributed by atoms with Crippen molar-refractivity contribution in [1.82, 2.24) is 9.97 Å². The summed E-state index contributed by atoms with van der Waals surface area (Å²) in [6.07, 6.45) is 2.45. The summed E-state index contributed by atoms with van der Waals surface area (Å²) in [4.78, 5) is 14.8. The second-order valence-corrected chi connectivity index (χ2v) is 8.52. The lowest BCUT2D eigenvalue weighted by atomic mass is 10.1. The number of aryl methyl sites for hydroxylation is 1. The fourth-order valence-electron chi connectivity index (χ4n) is 3.94. The molecule has 2 fully saturated rings. The molecule has 0 N–H and O–H groups in total. The van der Waals surface area contributed by atoms with Gasteiger partial charge in [0.25, 0.3) is 0 Å². The third-order valence-corrected chi connectivity index (χ3v) is 6.13. The van der Waals surface area contributed by atoms with Gasteiger partial charge in [-0.15, -0.1) is 0 Å². The summed E-state index contributed by atoms with van der Waals surface area (Å²) in [5, 5.41) is 1.15. The van der Waals surface area contributed by atoms with Crippen molar-refractivity contribution >= 4 is 38.3 Å². The van der Waals surface area contributed by atoms with E-state index in [2.05, 4.69) is 75.1 Å². The van der Waals surface area contributed by atoms with Gasteiger partial charge in [-0.2, -0.15) is 0 Å². The molecule has 1 aliphatic heterocycles. The zero-order chi connectivity index (χ0) is 18.4. The number of anilines is 2. The van der Waals surface area contributed by atoms with Crippen molar-refractivity contribution in [3.05, 3.63) is 58.3 Å². The molecule has 2 aromatic carbocycles. The molecule has 1 saturated heterocycles. The Bertz CT molecular complexity index is 991. The highest BCUT2D eigenvalue weighted by molar-refractivity contribution is 9.10. The Morgan fingerprint density at radius 2 is 1.67 bits per heavy atom. The minimum absolute atomic E-state index is 0.560. The lowest BCUT2D eigenvalue weighted by molar-refractivity contribution is 0.646. The van der Waals surface area contributed by atoms with Crippen LogP contribution in [-0.4, -0.2) is 36.1 Å². The van der Waals surface area contributed by atoms with Crippen LogP contribution in [0.3, 0.4) is 0 Å². The number of hydrogen-bond acceptors (Lipinski definition) is 4. The predicted molar refractivity (Wildman–Crippen MR) is 115 cm³/mol. The quantitative estimate of drug-likeness (QED) is 0.600. The zero-order valence-electron chi connectivity index (χ0n) is 15.5. The molecule has 27 heavy (non-hydrogen) atoms. The molecule has 1 saturated carbocycles. The summed E-state index contributed by atoms with van der Waals surface area (Å²) in [6, 6.07) is 15.0. The molecule has 0 radical (unpaired) electrons. The first-order valence-corrected chi connectivity index (χ1v) is 10.5. The van der Waals surface area contributed by atoms with Gasteiger partial charge in [0.05, 0.1) is 5.52 Å². The van der Waals surface area contributed by atoms with E-state index in [9.17, 15) is 0 Å². The van der Waals surface area contributed by atoms with E-state index in [0.29, 0.717) is 5.92 Å². The molecule has 0 spiro atoms. The summed E-state index contributed by atoms with van der Waals surface area (Å²) >= 11 is 3.62. The van der Waals surface area contributed by atoms with Crippen LogP contribution in [0.15, 0.2) is 46.9 Å². The third-order valence-electron chi connectivity index (χ3n) is 5.63. The molecule has 2 aliphatic rings. The van der Waals surface area contributed by atoms with E-state index in [1.165, 1.54) is 24.1 Å². The lowest BCUT2D eigenvalue weighted by Gasteiger charge is -2.37. The van der Waals surface area contributed by atoms with Crippen LogP contribution in [0.25, 0.3) is 10.9 Å². The molecule has 1 aliphatic carbocycles. The van der Waals surface area contributed by atoms with Gasteiger partial charge in [-0.25, -0.2) is 9.97 Å². The second-order valence-electron chi connectivity index (χ2n) is 7.60. The number of benzene rings is 2. The number of nitrogens with zero attached hydrogens (tertiary/aromatic N) is 4. The fraction of sp³-hybridized carbons (Fsp3) is 0.364. The Hall–Kier alpha value is -2.14. The van der Waals surface area contributed by atoms with Crippen molar-refractivity contribution in [3.63, 3.8) is 0 Å². The van der Waals surface area contributed by atoms with E-state index in [4.69, 9.17) is 9.97 Å². The minimum atomic E-state index is 0.560. The molecule has 1 aromatic heterocycles. The minimum Gasteiger partial charge on any atom is -0.368 e. The van der Waals surface area contributed by atoms with Gasteiger partial charge < -0.3 is 9.80 Å². The van der Waals surface area contributed by atoms with Gasteiger partial charge in [0, 0.05) is 47.6 Å². The summed E-state index contributed by atoms with van der Waals surface area (Å²) in [7, 11) is 0. The summed E-state index contributed by atoms with van der Waals surface area (Å²) < 4.78 is 1.08. The molecule has 4 nitrogen and oxygen atoms in total. The average molecular weight is 423 g/mol. The van der Waals surface area contributed by atoms with Crippen LogP contribution in [0.2, 0.25) is 0 Å². The smallest absolute Gasteiger partial charge is 0.140 e. The number of halogens is 1. The molecule has 2 heterocycles. The van der Waals surface area contributed by atoms with E-state index < -0.39 is 0 Å². The molecule has 5 heteroatoms. The van der Waals surface area contributed by atoms with Crippen molar-refractivity contribution < 1.29 is 0 Å². The fourth-order valence-corrected chi connectivity index (χ4v) is 4.31. The highest BCUT2D eigenvalue weighted by Gasteiger charge is 2.29. The predicted octanol–water partition coefficient (Wildman–Crippen LogP) is 4.90. The average Bonchev–Trinajstić information content (AvgIpc) is 3.53. The van der Waals surface area contributed by atoms with Gasteiger partial charge >= 0.3 is 0 Å². The van der Waals surface area contributed by atoms with Crippen LogP contribution in [0, 0.1) is 6.92 Å². The van der Waals surface area contributed by atoms with Gasteiger partial charge in [0.2, 0.25) is 0 Å². The van der Waals surface area contributed by atoms with E-state index in [1.54, 1.807) is 0 Å². The van der Waals surface area contributed by atoms with Gasteiger partial charge in [0.15, 0.2) is 0 Å². The van der Waals surface area contributed by atoms with E-state index in [-0.39, 0.29) is 0 Å². The Balaban J connectivity index is 1.46. The summed E-state index contributed by atoms with van der Waals surface area (Å²) in [5.41, 5.74) is 3.76. The molecule has 0 unspecified atom stereocenters. The van der Waals surface area contributed by atoms with Crippen molar-refractivity contribution in [2.75, 3.05) is 36.0 Å².